The van der Waals surface area contributed by atoms with Crippen molar-refractivity contribution in [1.29, 1.82) is 0 Å². The van der Waals surface area contributed by atoms with E-state index in [1.807, 2.05) is 6.92 Å². The number of ether oxygens (including phenoxy) is 2. The number of hydrogen-bond acceptors (Lipinski definition) is 3. The normalized spacial score (nSPS) is 15.3. The molecule has 68 valence electrons. The standard InChI is InChI=1S/C7H19NO2Si/c1-7(9-2,10-3)5-4-6(8)11/h6H,4-5,8H2,1-3,11H3. The van der Waals surface area contributed by atoms with Crippen molar-refractivity contribution in [1.82, 2.24) is 0 Å². The minimum atomic E-state index is -0.442. The Labute approximate surface area is 71.7 Å². The molecule has 0 aromatic rings. The van der Waals surface area contributed by atoms with E-state index < -0.39 is 5.79 Å². The van der Waals surface area contributed by atoms with E-state index in [0.717, 1.165) is 23.1 Å². The maximum atomic E-state index is 5.66. The van der Waals surface area contributed by atoms with E-state index in [-0.39, 0.29) is 0 Å². The topological polar surface area (TPSA) is 44.5 Å². The van der Waals surface area contributed by atoms with Gasteiger partial charge in [-0.3, -0.25) is 0 Å². The van der Waals surface area contributed by atoms with E-state index in [1.165, 1.54) is 0 Å². The molecule has 0 spiro atoms. The summed E-state index contributed by atoms with van der Waals surface area (Å²) in [6, 6.07) is 0. The summed E-state index contributed by atoms with van der Waals surface area (Å²) in [5.41, 5.74) is 6.01. The SMILES string of the molecule is COC(C)(CCC(N)[SiH3])OC. The van der Waals surface area contributed by atoms with Crippen LogP contribution in [0.4, 0.5) is 0 Å². The molecule has 0 aliphatic rings. The van der Waals surface area contributed by atoms with Gasteiger partial charge >= 0.3 is 0 Å². The summed E-state index contributed by atoms with van der Waals surface area (Å²) in [6.45, 7) is 1.93. The van der Waals surface area contributed by atoms with E-state index in [2.05, 4.69) is 0 Å². The van der Waals surface area contributed by atoms with Gasteiger partial charge in [0.15, 0.2) is 5.79 Å². The maximum absolute atomic E-state index is 5.66. The summed E-state index contributed by atoms with van der Waals surface area (Å²) in [7, 11) is 4.34. The third-order valence-electron chi connectivity index (χ3n) is 1.92. The zero-order valence-corrected chi connectivity index (χ0v) is 9.89. The molecule has 0 saturated carbocycles. The molecule has 0 rings (SSSR count). The van der Waals surface area contributed by atoms with Gasteiger partial charge in [-0.05, 0) is 19.0 Å². The minimum absolute atomic E-state index is 0.347. The van der Waals surface area contributed by atoms with Crippen LogP contribution >= 0.6 is 0 Å². The van der Waals surface area contributed by atoms with Gasteiger partial charge in [0, 0.05) is 30.9 Å². The zero-order chi connectivity index (χ0) is 8.91. The molecule has 0 aliphatic carbocycles. The fourth-order valence-corrected chi connectivity index (χ4v) is 1.07. The Morgan fingerprint density at radius 1 is 1.45 bits per heavy atom. The first kappa shape index (κ1) is 11.1. The van der Waals surface area contributed by atoms with Crippen LogP contribution < -0.4 is 5.73 Å². The first-order valence-electron chi connectivity index (χ1n) is 3.90. The van der Waals surface area contributed by atoms with Gasteiger partial charge in [-0.15, -0.1) is 0 Å². The largest absolute Gasteiger partial charge is 0.353 e. The van der Waals surface area contributed by atoms with Crippen molar-refractivity contribution in [3.63, 3.8) is 0 Å². The smallest absolute Gasteiger partial charge is 0.164 e. The molecule has 0 bridgehead atoms. The highest BCUT2D eigenvalue weighted by Crippen LogP contribution is 2.17. The monoisotopic (exact) mass is 177 g/mol. The summed E-state index contributed by atoms with van der Waals surface area (Å²) < 4.78 is 10.4. The Hall–Kier alpha value is 0.0969. The Balaban J connectivity index is 3.69. The van der Waals surface area contributed by atoms with E-state index in [4.69, 9.17) is 15.2 Å². The van der Waals surface area contributed by atoms with Crippen LogP contribution in [0.15, 0.2) is 0 Å². The zero-order valence-electron chi connectivity index (χ0n) is 7.89. The van der Waals surface area contributed by atoms with Gasteiger partial charge in [0.25, 0.3) is 0 Å². The van der Waals surface area contributed by atoms with Crippen LogP contribution in [-0.4, -0.2) is 35.9 Å². The molecular formula is C7H19NO2Si. The second-order valence-corrected chi connectivity index (χ2v) is 4.54. The molecule has 11 heavy (non-hydrogen) atoms. The van der Waals surface area contributed by atoms with Crippen LogP contribution in [0, 0.1) is 0 Å². The van der Waals surface area contributed by atoms with Crippen molar-refractivity contribution in [3.8, 4) is 0 Å². The van der Waals surface area contributed by atoms with Crippen LogP contribution in [0.3, 0.4) is 0 Å². The Bertz CT molecular complexity index is 105. The van der Waals surface area contributed by atoms with Crippen LogP contribution in [0.25, 0.3) is 0 Å². The van der Waals surface area contributed by atoms with Gasteiger partial charge in [0.1, 0.15) is 0 Å². The van der Waals surface area contributed by atoms with Crippen molar-refractivity contribution in [3.05, 3.63) is 0 Å². The van der Waals surface area contributed by atoms with Gasteiger partial charge < -0.3 is 15.2 Å². The average molecular weight is 177 g/mol. The maximum Gasteiger partial charge on any atom is 0.164 e. The lowest BCUT2D eigenvalue weighted by atomic mass is 10.1. The molecule has 0 amide bonds. The first-order chi connectivity index (χ1) is 5.04. The van der Waals surface area contributed by atoms with Gasteiger partial charge in [-0.25, -0.2) is 0 Å². The highest BCUT2D eigenvalue weighted by molar-refractivity contribution is 6.11. The molecule has 0 aromatic heterocycles. The van der Waals surface area contributed by atoms with Crippen molar-refractivity contribution < 1.29 is 9.47 Å². The van der Waals surface area contributed by atoms with E-state index in [9.17, 15) is 0 Å². The molecule has 0 aromatic carbocycles. The molecule has 0 radical (unpaired) electrons. The van der Waals surface area contributed by atoms with Gasteiger partial charge in [0.05, 0.1) is 0 Å². The Kier molecular flexibility index (Phi) is 4.91. The van der Waals surface area contributed by atoms with Crippen LogP contribution in [0.5, 0.6) is 0 Å². The van der Waals surface area contributed by atoms with E-state index >= 15 is 0 Å². The van der Waals surface area contributed by atoms with E-state index in [1.54, 1.807) is 14.2 Å². The third kappa shape index (κ3) is 4.52. The highest BCUT2D eigenvalue weighted by atomic mass is 28.1. The van der Waals surface area contributed by atoms with Gasteiger partial charge in [-0.1, -0.05) is 0 Å². The predicted molar refractivity (Wildman–Crippen MR) is 49.6 cm³/mol. The summed E-state index contributed by atoms with van der Waals surface area (Å²) in [5.74, 6) is -0.442. The molecule has 0 saturated heterocycles. The molecule has 0 heterocycles. The highest BCUT2D eigenvalue weighted by Gasteiger charge is 2.22. The lowest BCUT2D eigenvalue weighted by Crippen LogP contribution is -2.32. The molecular weight excluding hydrogens is 158 g/mol. The van der Waals surface area contributed by atoms with Crippen molar-refractivity contribution >= 4 is 10.2 Å². The second kappa shape index (κ2) is 4.87. The molecule has 0 fully saturated rings. The molecule has 1 unspecified atom stereocenters. The Morgan fingerprint density at radius 2 is 1.91 bits per heavy atom. The summed E-state index contributed by atoms with van der Waals surface area (Å²) in [6.07, 6.45) is 1.84. The third-order valence-corrected chi connectivity index (χ3v) is 2.49. The molecule has 2 N–H and O–H groups in total. The Morgan fingerprint density at radius 3 is 2.18 bits per heavy atom. The lowest BCUT2D eigenvalue weighted by molar-refractivity contribution is -0.197. The summed E-state index contributed by atoms with van der Waals surface area (Å²) in [5, 5.41) is 0. The molecule has 0 aliphatic heterocycles. The molecule has 3 nitrogen and oxygen atoms in total. The quantitative estimate of drug-likeness (QED) is 0.452. The second-order valence-electron chi connectivity index (χ2n) is 3.06. The average Bonchev–Trinajstić information content (AvgIpc) is 2.00. The minimum Gasteiger partial charge on any atom is -0.353 e. The fourth-order valence-electron chi connectivity index (χ4n) is 0.777. The number of methoxy groups -OCH3 is 2. The van der Waals surface area contributed by atoms with Gasteiger partial charge in [0.2, 0.25) is 0 Å². The lowest BCUT2D eigenvalue weighted by Gasteiger charge is -2.26. The molecule has 4 heteroatoms. The summed E-state index contributed by atoms with van der Waals surface area (Å²) >= 11 is 0. The van der Waals surface area contributed by atoms with Crippen LogP contribution in [-0.2, 0) is 9.47 Å². The molecule has 1 atom stereocenters. The van der Waals surface area contributed by atoms with Crippen molar-refractivity contribution in [2.75, 3.05) is 14.2 Å². The van der Waals surface area contributed by atoms with E-state index in [0.29, 0.717) is 5.67 Å². The van der Waals surface area contributed by atoms with Crippen molar-refractivity contribution in [2.45, 2.75) is 31.2 Å². The number of hydrogen-bond donors (Lipinski definition) is 1. The fraction of sp³-hybridized carbons (Fsp3) is 1.00. The number of rotatable bonds is 5. The van der Waals surface area contributed by atoms with Crippen LogP contribution in [0.2, 0.25) is 0 Å². The van der Waals surface area contributed by atoms with Crippen LogP contribution in [0.1, 0.15) is 19.8 Å². The first-order valence-corrected chi connectivity index (χ1v) is 5.05. The van der Waals surface area contributed by atoms with Gasteiger partial charge in [-0.2, -0.15) is 0 Å². The van der Waals surface area contributed by atoms with Crippen molar-refractivity contribution in [2.24, 2.45) is 5.73 Å². The number of nitrogens with two attached hydrogens (primary N) is 1. The predicted octanol–water partition coefficient (Wildman–Crippen LogP) is -0.574. The summed E-state index contributed by atoms with van der Waals surface area (Å²) in [4.78, 5) is 0.